The Balaban J connectivity index is 2.32. The van der Waals surface area contributed by atoms with Crippen molar-refractivity contribution in [2.45, 2.75) is 68.3 Å². The number of nitrogens with one attached hydrogen (secondary N) is 1. The van der Waals surface area contributed by atoms with E-state index in [0.717, 1.165) is 6.92 Å². The predicted molar refractivity (Wildman–Crippen MR) is 105 cm³/mol. The highest BCUT2D eigenvalue weighted by molar-refractivity contribution is 7.80. The highest BCUT2D eigenvalue weighted by Crippen LogP contribution is 2.30. The van der Waals surface area contributed by atoms with E-state index < -0.39 is 90.9 Å². The van der Waals surface area contributed by atoms with Crippen LogP contribution in [0, 0.1) is 0 Å². The Bertz CT molecular complexity index is 763. The lowest BCUT2D eigenvalue weighted by Gasteiger charge is -2.47. The summed E-state index contributed by atoms with van der Waals surface area (Å²) in [4.78, 5) is 11.6. The average Bonchev–Trinajstić information content (AvgIpc) is 2.74. The molecule has 33 heavy (non-hydrogen) atoms. The molecule has 16 heteroatoms. The second-order valence-electron chi connectivity index (χ2n) is 7.39. The number of carbonyl (C=O) groups excluding carboxylic acids is 1. The molecule has 2 aliphatic rings. The Morgan fingerprint density at radius 3 is 2.24 bits per heavy atom. The van der Waals surface area contributed by atoms with Crippen molar-refractivity contribution in [1.82, 2.24) is 5.32 Å². The predicted octanol–water partition coefficient (Wildman–Crippen LogP) is -4.22. The molecule has 15 nitrogen and oxygen atoms in total. The van der Waals surface area contributed by atoms with Gasteiger partial charge in [-0.25, -0.2) is 4.18 Å². The molecule has 0 saturated carbocycles. The van der Waals surface area contributed by atoms with E-state index in [0.29, 0.717) is 0 Å². The summed E-state index contributed by atoms with van der Waals surface area (Å²) in [6.45, 7) is 2.89. The maximum Gasteiger partial charge on any atom is 0.397 e. The molecule has 2 saturated heterocycles. The van der Waals surface area contributed by atoms with Crippen LogP contribution in [0.25, 0.3) is 0 Å². The molecule has 2 heterocycles. The van der Waals surface area contributed by atoms with E-state index in [4.69, 9.17) is 23.5 Å². The molecule has 1 amide bonds. The minimum atomic E-state index is -4.93. The van der Waals surface area contributed by atoms with Gasteiger partial charge in [-0.2, -0.15) is 8.42 Å². The molecule has 0 spiro atoms. The van der Waals surface area contributed by atoms with E-state index in [2.05, 4.69) is 16.1 Å². The average molecular weight is 503 g/mol. The first kappa shape index (κ1) is 28.0. The maximum atomic E-state index is 11.6. The molecular formula is C17H29NO14S. The van der Waals surface area contributed by atoms with E-state index >= 15 is 0 Å². The van der Waals surface area contributed by atoms with Crippen LogP contribution in [0.3, 0.4) is 0 Å². The summed E-state index contributed by atoms with van der Waals surface area (Å²) in [7, 11) is -4.93. The third kappa shape index (κ3) is 7.35. The highest BCUT2D eigenvalue weighted by atomic mass is 32.3. The van der Waals surface area contributed by atoms with Crippen molar-refractivity contribution in [1.29, 1.82) is 0 Å². The van der Waals surface area contributed by atoms with Gasteiger partial charge in [0.25, 0.3) is 0 Å². The third-order valence-electron chi connectivity index (χ3n) is 4.94. The second kappa shape index (κ2) is 11.9. The summed E-state index contributed by atoms with van der Waals surface area (Å²) in [5.41, 5.74) is 0. The fraction of sp³-hybridized carbons (Fsp3) is 0.824. The van der Waals surface area contributed by atoms with Gasteiger partial charge in [0.15, 0.2) is 12.6 Å². The van der Waals surface area contributed by atoms with Crippen LogP contribution in [0.4, 0.5) is 0 Å². The normalized spacial score (nSPS) is 39.7. The smallest absolute Gasteiger partial charge is 0.394 e. The fourth-order valence-electron chi connectivity index (χ4n) is 3.40. The zero-order valence-corrected chi connectivity index (χ0v) is 18.4. The molecule has 0 radical (unpaired) electrons. The number of aliphatic hydroxyl groups excluding tert-OH is 5. The Morgan fingerprint density at radius 1 is 1.06 bits per heavy atom. The summed E-state index contributed by atoms with van der Waals surface area (Å²) in [6, 6.07) is -1.26. The summed E-state index contributed by atoms with van der Waals surface area (Å²) < 4.78 is 57.1. The lowest BCUT2D eigenvalue weighted by Crippen LogP contribution is -2.67. The van der Waals surface area contributed by atoms with Crippen LogP contribution in [0.5, 0.6) is 0 Å². The molecule has 7 N–H and O–H groups in total. The summed E-state index contributed by atoms with van der Waals surface area (Å²) >= 11 is 0. The van der Waals surface area contributed by atoms with Gasteiger partial charge in [-0.1, -0.05) is 6.08 Å². The molecule has 0 aromatic rings. The van der Waals surface area contributed by atoms with Gasteiger partial charge in [-0.15, -0.1) is 6.58 Å². The summed E-state index contributed by atoms with van der Waals surface area (Å²) in [5, 5.41) is 52.7. The molecule has 2 rings (SSSR count). The van der Waals surface area contributed by atoms with E-state index in [1.165, 1.54) is 6.08 Å². The van der Waals surface area contributed by atoms with Gasteiger partial charge < -0.3 is 49.8 Å². The molecule has 2 fully saturated rings. The zero-order valence-electron chi connectivity index (χ0n) is 17.5. The number of hydrogen-bond acceptors (Lipinski definition) is 13. The van der Waals surface area contributed by atoms with Crippen molar-refractivity contribution in [2.75, 3.05) is 19.8 Å². The molecule has 0 unspecified atom stereocenters. The lowest BCUT2D eigenvalue weighted by atomic mass is 9.95. The number of ether oxygens (including phenoxy) is 4. The van der Waals surface area contributed by atoms with Crippen molar-refractivity contribution in [3.05, 3.63) is 12.7 Å². The molecule has 0 bridgehead atoms. The Hall–Kier alpha value is -1.28. The summed E-state index contributed by atoms with van der Waals surface area (Å²) in [5.74, 6) is -0.589. The van der Waals surface area contributed by atoms with Crippen molar-refractivity contribution in [3.8, 4) is 0 Å². The molecule has 0 aliphatic carbocycles. The fourth-order valence-corrected chi connectivity index (χ4v) is 3.71. The number of hydrogen-bond donors (Lipinski definition) is 7. The lowest BCUT2D eigenvalue weighted by molar-refractivity contribution is -0.347. The minimum Gasteiger partial charge on any atom is -0.394 e. The van der Waals surface area contributed by atoms with Gasteiger partial charge in [0.2, 0.25) is 5.91 Å². The van der Waals surface area contributed by atoms with Crippen molar-refractivity contribution < 1.29 is 66.4 Å². The van der Waals surface area contributed by atoms with Gasteiger partial charge in [-0.3, -0.25) is 9.35 Å². The Labute approximate surface area is 189 Å². The zero-order chi connectivity index (χ0) is 24.9. The van der Waals surface area contributed by atoms with E-state index in [9.17, 15) is 38.7 Å². The van der Waals surface area contributed by atoms with Crippen LogP contribution in [0.1, 0.15) is 6.92 Å². The monoisotopic (exact) mass is 503 g/mol. The van der Waals surface area contributed by atoms with Gasteiger partial charge >= 0.3 is 10.4 Å². The highest BCUT2D eigenvalue weighted by Gasteiger charge is 2.51. The number of carbonyl (C=O) groups is 1. The minimum absolute atomic E-state index is 0.0857. The van der Waals surface area contributed by atoms with Gasteiger partial charge in [0, 0.05) is 6.92 Å². The van der Waals surface area contributed by atoms with E-state index in [1.807, 2.05) is 0 Å². The molecule has 2 aliphatic heterocycles. The van der Waals surface area contributed by atoms with Crippen LogP contribution in [-0.4, -0.2) is 126 Å². The van der Waals surface area contributed by atoms with Crippen LogP contribution < -0.4 is 5.32 Å². The van der Waals surface area contributed by atoms with E-state index in [1.54, 1.807) is 0 Å². The van der Waals surface area contributed by atoms with Crippen LogP contribution in [-0.2, 0) is 38.3 Å². The van der Waals surface area contributed by atoms with Gasteiger partial charge in [0.1, 0.15) is 48.8 Å². The first-order valence-electron chi connectivity index (χ1n) is 9.80. The van der Waals surface area contributed by atoms with Gasteiger partial charge in [0.05, 0.1) is 19.8 Å². The molecule has 0 aromatic carbocycles. The second-order valence-corrected chi connectivity index (χ2v) is 8.48. The number of aliphatic hydroxyl groups is 5. The first-order chi connectivity index (χ1) is 15.4. The van der Waals surface area contributed by atoms with E-state index in [-0.39, 0.29) is 6.61 Å². The van der Waals surface area contributed by atoms with Crippen molar-refractivity contribution >= 4 is 16.3 Å². The van der Waals surface area contributed by atoms with Crippen LogP contribution in [0.2, 0.25) is 0 Å². The van der Waals surface area contributed by atoms with Crippen LogP contribution in [0.15, 0.2) is 12.7 Å². The number of amides is 1. The third-order valence-corrected chi connectivity index (χ3v) is 5.38. The molecule has 192 valence electrons. The number of rotatable bonds is 10. The Kier molecular flexibility index (Phi) is 10.1. The SMILES string of the molecule is C=CCO[C@@H]1O[C@H](COS(=O)(=O)O)[C@@H](O[C@@H]2O[C@H](CO)[C@H](O)[C@H](O)[C@H]2O)[C@H](O)[C@H]1NC(C)=O. The first-order valence-corrected chi connectivity index (χ1v) is 11.2. The van der Waals surface area contributed by atoms with Crippen LogP contribution >= 0.6 is 0 Å². The largest absolute Gasteiger partial charge is 0.397 e. The molecule has 0 aromatic heterocycles. The topological polar surface area (TPSA) is 231 Å². The van der Waals surface area contributed by atoms with Crippen molar-refractivity contribution in [2.24, 2.45) is 0 Å². The maximum absolute atomic E-state index is 11.6. The molecular weight excluding hydrogens is 474 g/mol. The van der Waals surface area contributed by atoms with Crippen molar-refractivity contribution in [3.63, 3.8) is 0 Å². The summed E-state index contributed by atoms with van der Waals surface area (Å²) in [6.07, 6.45) is -13.1. The van der Waals surface area contributed by atoms with Gasteiger partial charge in [-0.05, 0) is 0 Å². The Morgan fingerprint density at radius 2 is 1.70 bits per heavy atom. The quantitative estimate of drug-likeness (QED) is 0.111. The standard InChI is InChI=1S/C17H29NO14S/c1-3-4-28-16-10(18-7(2)20)12(22)15(9(31-16)6-29-33(25,26)27)32-17-14(24)13(23)11(21)8(5-19)30-17/h3,8-17,19,21-24H,1,4-6H2,2H3,(H,18,20)(H,25,26,27)/t8-,9-,10-,11+,12-,13+,14-,15-,16-,17+/m1/s1. The molecule has 10 atom stereocenters.